The van der Waals surface area contributed by atoms with E-state index in [9.17, 15) is 14.7 Å². The van der Waals surface area contributed by atoms with Gasteiger partial charge in [-0.3, -0.25) is 9.69 Å². The summed E-state index contributed by atoms with van der Waals surface area (Å²) in [6, 6.07) is 24.8. The van der Waals surface area contributed by atoms with E-state index in [1.54, 1.807) is 29.2 Å². The molecule has 4 rings (SSSR count). The molecule has 5 nitrogen and oxygen atoms in total. The second-order valence-electron chi connectivity index (χ2n) is 6.90. The molecule has 0 spiro atoms. The van der Waals surface area contributed by atoms with Gasteiger partial charge in [-0.1, -0.05) is 60.1 Å². The zero-order chi connectivity index (χ0) is 21.1. The fraction of sp³-hybridized carbons (Fsp3) is 0.0833. The van der Waals surface area contributed by atoms with E-state index in [1.165, 1.54) is 0 Å². The van der Waals surface area contributed by atoms with E-state index < -0.39 is 12.0 Å². The van der Waals surface area contributed by atoms with Crippen LogP contribution in [-0.2, 0) is 9.59 Å². The van der Waals surface area contributed by atoms with E-state index in [1.807, 2.05) is 60.7 Å². The SMILES string of the molecule is O=C([O-])CC1=C(Nc2ccccc2)C(=O)N(c2ccccc2)[C@@H]1c1ccc(Cl)cc1. The number of carboxylic acid groups (broad SMARTS) is 1. The minimum atomic E-state index is -1.25. The van der Waals surface area contributed by atoms with Crippen molar-refractivity contribution in [1.82, 2.24) is 0 Å². The molecular formula is C24H18ClN2O3-. The predicted molar refractivity (Wildman–Crippen MR) is 115 cm³/mol. The summed E-state index contributed by atoms with van der Waals surface area (Å²) < 4.78 is 0. The number of anilines is 2. The van der Waals surface area contributed by atoms with Crippen LogP contribution in [0.5, 0.6) is 0 Å². The van der Waals surface area contributed by atoms with E-state index in [4.69, 9.17) is 11.6 Å². The number of amides is 1. The van der Waals surface area contributed by atoms with E-state index in [0.29, 0.717) is 22.0 Å². The molecule has 1 atom stereocenters. The highest BCUT2D eigenvalue weighted by atomic mass is 35.5. The summed E-state index contributed by atoms with van der Waals surface area (Å²) in [5.41, 5.74) is 2.81. The zero-order valence-corrected chi connectivity index (χ0v) is 16.7. The van der Waals surface area contributed by atoms with Crippen LogP contribution in [0.2, 0.25) is 5.02 Å². The third-order valence-corrected chi connectivity index (χ3v) is 5.19. The number of carbonyl (C=O) groups excluding carboxylic acids is 2. The van der Waals surface area contributed by atoms with E-state index in [2.05, 4.69) is 5.32 Å². The summed E-state index contributed by atoms with van der Waals surface area (Å²) in [6.07, 6.45) is -0.377. The molecule has 3 aromatic carbocycles. The second-order valence-corrected chi connectivity index (χ2v) is 7.34. The monoisotopic (exact) mass is 417 g/mol. The average Bonchev–Trinajstić information content (AvgIpc) is 3.01. The van der Waals surface area contributed by atoms with E-state index >= 15 is 0 Å². The highest BCUT2D eigenvalue weighted by molar-refractivity contribution is 6.30. The highest BCUT2D eigenvalue weighted by Gasteiger charge is 2.41. The average molecular weight is 418 g/mol. The number of hydrogen-bond donors (Lipinski definition) is 1. The van der Waals surface area contributed by atoms with Crippen molar-refractivity contribution in [2.75, 3.05) is 10.2 Å². The number of nitrogens with one attached hydrogen (secondary N) is 1. The molecule has 1 heterocycles. The van der Waals surface area contributed by atoms with Crippen molar-refractivity contribution in [1.29, 1.82) is 0 Å². The van der Waals surface area contributed by atoms with Crippen LogP contribution >= 0.6 is 11.6 Å². The highest BCUT2D eigenvalue weighted by Crippen LogP contribution is 2.42. The maximum absolute atomic E-state index is 13.5. The molecule has 0 saturated carbocycles. The molecular weight excluding hydrogens is 400 g/mol. The summed E-state index contributed by atoms with van der Waals surface area (Å²) in [6.45, 7) is 0. The van der Waals surface area contributed by atoms with E-state index in [-0.39, 0.29) is 18.0 Å². The largest absolute Gasteiger partial charge is 0.550 e. The molecule has 0 radical (unpaired) electrons. The molecule has 0 saturated heterocycles. The van der Waals surface area contributed by atoms with Crippen LogP contribution in [0.3, 0.4) is 0 Å². The molecule has 0 unspecified atom stereocenters. The topological polar surface area (TPSA) is 72.5 Å². The molecule has 1 amide bonds. The van der Waals surface area contributed by atoms with Gasteiger partial charge in [0.1, 0.15) is 5.70 Å². The molecule has 3 aromatic rings. The van der Waals surface area contributed by atoms with Crippen LogP contribution in [0.25, 0.3) is 0 Å². The van der Waals surface area contributed by atoms with Crippen LogP contribution in [0.4, 0.5) is 11.4 Å². The number of rotatable bonds is 6. The fourth-order valence-corrected chi connectivity index (χ4v) is 3.78. The van der Waals surface area contributed by atoms with Crippen LogP contribution in [0.15, 0.2) is 96.2 Å². The van der Waals surface area contributed by atoms with Gasteiger partial charge in [0, 0.05) is 28.8 Å². The second kappa shape index (κ2) is 8.43. The molecule has 0 aliphatic carbocycles. The molecule has 30 heavy (non-hydrogen) atoms. The van der Waals surface area contributed by atoms with Crippen molar-refractivity contribution in [2.24, 2.45) is 0 Å². The van der Waals surface area contributed by atoms with Gasteiger partial charge in [0.25, 0.3) is 5.91 Å². The quantitative estimate of drug-likeness (QED) is 0.659. The molecule has 6 heteroatoms. The van der Waals surface area contributed by atoms with Crippen LogP contribution in [0.1, 0.15) is 18.0 Å². The molecule has 0 bridgehead atoms. The first-order valence-electron chi connectivity index (χ1n) is 9.43. The number of aliphatic carboxylic acids is 1. The van der Waals surface area contributed by atoms with Gasteiger partial charge in [-0.2, -0.15) is 0 Å². The first-order chi connectivity index (χ1) is 14.5. The Morgan fingerprint density at radius 1 is 0.933 bits per heavy atom. The van der Waals surface area contributed by atoms with Crippen molar-refractivity contribution in [3.05, 3.63) is 107 Å². The third kappa shape index (κ3) is 3.93. The Balaban J connectivity index is 1.87. The Morgan fingerprint density at radius 3 is 2.13 bits per heavy atom. The lowest BCUT2D eigenvalue weighted by Gasteiger charge is -2.28. The van der Waals surface area contributed by atoms with E-state index in [0.717, 1.165) is 5.56 Å². The van der Waals surface area contributed by atoms with Gasteiger partial charge in [-0.25, -0.2) is 0 Å². The first kappa shape index (κ1) is 19.7. The lowest BCUT2D eigenvalue weighted by molar-refractivity contribution is -0.304. The Bertz CT molecular complexity index is 1100. The normalized spacial score (nSPS) is 16.1. The third-order valence-electron chi connectivity index (χ3n) is 4.94. The molecule has 150 valence electrons. The van der Waals surface area contributed by atoms with Crippen LogP contribution < -0.4 is 15.3 Å². The van der Waals surface area contributed by atoms with Crippen molar-refractivity contribution in [2.45, 2.75) is 12.5 Å². The van der Waals surface area contributed by atoms with Gasteiger partial charge in [-0.05, 0) is 47.5 Å². The van der Waals surface area contributed by atoms with Crippen molar-refractivity contribution in [3.8, 4) is 0 Å². The summed E-state index contributed by atoms with van der Waals surface area (Å²) in [5.74, 6) is -1.56. The number of hydrogen-bond acceptors (Lipinski definition) is 4. The molecule has 1 N–H and O–H groups in total. The maximum Gasteiger partial charge on any atom is 0.275 e. The maximum atomic E-state index is 13.5. The van der Waals surface area contributed by atoms with Crippen LogP contribution in [0, 0.1) is 0 Å². The Labute approximate surface area is 179 Å². The smallest absolute Gasteiger partial charge is 0.275 e. The summed E-state index contributed by atoms with van der Waals surface area (Å²) in [4.78, 5) is 26.7. The Kier molecular flexibility index (Phi) is 5.55. The molecule has 0 aromatic heterocycles. The number of nitrogens with zero attached hydrogens (tertiary/aromatic N) is 1. The zero-order valence-electron chi connectivity index (χ0n) is 15.9. The summed E-state index contributed by atoms with van der Waals surface area (Å²) in [5, 5.41) is 15.3. The summed E-state index contributed by atoms with van der Waals surface area (Å²) >= 11 is 6.05. The van der Waals surface area contributed by atoms with Gasteiger partial charge in [0.15, 0.2) is 0 Å². The Hall–Kier alpha value is -3.57. The van der Waals surface area contributed by atoms with Crippen molar-refractivity contribution in [3.63, 3.8) is 0 Å². The first-order valence-corrected chi connectivity index (χ1v) is 9.81. The minimum Gasteiger partial charge on any atom is -0.550 e. The fourth-order valence-electron chi connectivity index (χ4n) is 3.66. The predicted octanol–water partition coefficient (Wildman–Crippen LogP) is 3.93. The number of benzene rings is 3. The van der Waals surface area contributed by atoms with Gasteiger partial charge in [0.2, 0.25) is 0 Å². The number of para-hydroxylation sites is 2. The van der Waals surface area contributed by atoms with Gasteiger partial charge in [0.05, 0.1) is 6.04 Å². The standard InChI is InChI=1S/C24H19ClN2O3/c25-17-13-11-16(12-14-17)23-20(15-21(28)29)22(26-18-7-3-1-4-8-18)24(30)27(23)19-9-5-2-6-10-19/h1-14,23,26H,15H2,(H,28,29)/p-1/t23-/m1/s1. The minimum absolute atomic E-state index is 0.245. The molecule has 1 aliphatic heterocycles. The Morgan fingerprint density at radius 2 is 1.53 bits per heavy atom. The van der Waals surface area contributed by atoms with Gasteiger partial charge in [-0.15, -0.1) is 0 Å². The molecule has 1 aliphatic rings. The van der Waals surface area contributed by atoms with Crippen molar-refractivity contribution < 1.29 is 14.7 Å². The lowest BCUT2D eigenvalue weighted by atomic mass is 9.96. The van der Waals surface area contributed by atoms with Gasteiger partial charge >= 0.3 is 0 Å². The summed E-state index contributed by atoms with van der Waals surface area (Å²) in [7, 11) is 0. The number of halogens is 1. The van der Waals surface area contributed by atoms with Gasteiger partial charge < -0.3 is 15.2 Å². The number of carbonyl (C=O) groups is 2. The lowest BCUT2D eigenvalue weighted by Crippen LogP contribution is -2.31. The molecule has 0 fully saturated rings. The number of carboxylic acids is 1. The van der Waals surface area contributed by atoms with Crippen molar-refractivity contribution >= 4 is 34.9 Å². The van der Waals surface area contributed by atoms with Crippen LogP contribution in [-0.4, -0.2) is 11.9 Å².